The summed E-state index contributed by atoms with van der Waals surface area (Å²) in [5, 5.41) is 7.15. The van der Waals surface area contributed by atoms with Gasteiger partial charge in [-0.1, -0.05) is 19.3 Å². The van der Waals surface area contributed by atoms with Gasteiger partial charge in [0.2, 0.25) is 11.9 Å². The fourth-order valence-electron chi connectivity index (χ4n) is 4.76. The number of nitrogens with zero attached hydrogens (tertiary/aromatic N) is 3. The van der Waals surface area contributed by atoms with E-state index in [4.69, 9.17) is 10.7 Å². The van der Waals surface area contributed by atoms with E-state index in [1.54, 1.807) is 13.1 Å². The highest BCUT2D eigenvalue weighted by Crippen LogP contribution is 2.30. The van der Waals surface area contributed by atoms with Gasteiger partial charge in [0.05, 0.1) is 5.39 Å². The van der Waals surface area contributed by atoms with E-state index in [1.807, 2.05) is 4.57 Å². The van der Waals surface area contributed by atoms with Crippen LogP contribution in [-0.2, 0) is 4.79 Å². The number of nitrogens with one attached hydrogen (secondary N) is 2. The summed E-state index contributed by atoms with van der Waals surface area (Å²) in [5.74, 6) is 0.563. The Labute approximate surface area is 170 Å². The van der Waals surface area contributed by atoms with Crippen LogP contribution >= 0.6 is 0 Å². The quantitative estimate of drug-likeness (QED) is 0.729. The molecule has 0 aliphatic heterocycles. The Morgan fingerprint density at radius 2 is 1.79 bits per heavy atom. The monoisotopic (exact) mass is 398 g/mol. The van der Waals surface area contributed by atoms with Gasteiger partial charge in [-0.25, -0.2) is 4.98 Å². The van der Waals surface area contributed by atoms with E-state index in [1.165, 1.54) is 12.5 Å². The largest absolute Gasteiger partial charge is 0.398 e. The molecule has 0 unspecified atom stereocenters. The molecule has 2 aromatic heterocycles. The smallest absolute Gasteiger partial charge is 0.254 e. The van der Waals surface area contributed by atoms with Gasteiger partial charge in [-0.3, -0.25) is 14.2 Å². The van der Waals surface area contributed by atoms with Crippen LogP contribution < -0.4 is 21.9 Å². The van der Waals surface area contributed by atoms with Crippen molar-refractivity contribution in [1.29, 1.82) is 0 Å². The second-order valence-electron chi connectivity index (χ2n) is 8.42. The minimum absolute atomic E-state index is 0.0255. The molecule has 1 amide bonds. The molecule has 2 aliphatic carbocycles. The van der Waals surface area contributed by atoms with Crippen LogP contribution in [0.25, 0.3) is 11.0 Å². The van der Waals surface area contributed by atoms with Crippen LogP contribution in [0.2, 0.25) is 0 Å². The van der Waals surface area contributed by atoms with Gasteiger partial charge in [-0.15, -0.1) is 0 Å². The highest BCUT2D eigenvalue weighted by Gasteiger charge is 2.24. The molecular weight excluding hydrogens is 368 g/mol. The normalized spacial score (nSPS) is 23.1. The molecule has 0 aromatic carbocycles. The summed E-state index contributed by atoms with van der Waals surface area (Å²) in [4.78, 5) is 33.2. The van der Waals surface area contributed by atoms with Crippen molar-refractivity contribution in [3.63, 3.8) is 0 Å². The Morgan fingerprint density at radius 3 is 2.48 bits per heavy atom. The van der Waals surface area contributed by atoms with Crippen molar-refractivity contribution >= 4 is 28.6 Å². The fourth-order valence-corrected chi connectivity index (χ4v) is 4.76. The number of anilines is 2. The maximum atomic E-state index is 12.7. The van der Waals surface area contributed by atoms with Crippen LogP contribution in [0.4, 0.5) is 11.6 Å². The Bertz CT molecular complexity index is 942. The molecule has 0 spiro atoms. The van der Waals surface area contributed by atoms with Gasteiger partial charge in [0, 0.05) is 43.0 Å². The first-order valence-electron chi connectivity index (χ1n) is 10.7. The van der Waals surface area contributed by atoms with Gasteiger partial charge in [-0.2, -0.15) is 4.98 Å². The molecule has 0 saturated heterocycles. The second-order valence-corrected chi connectivity index (χ2v) is 8.42. The SMILES string of the molecule is CC(=O)N[C@H]1CC[C@H](Nc2ncc3c(N)cc(=O)n(C4CCCCC4)c3n2)CC1. The van der Waals surface area contributed by atoms with E-state index in [0.717, 1.165) is 56.8 Å². The van der Waals surface area contributed by atoms with E-state index in [2.05, 4.69) is 15.6 Å². The summed E-state index contributed by atoms with van der Waals surface area (Å²) in [7, 11) is 0. The first kappa shape index (κ1) is 19.7. The van der Waals surface area contributed by atoms with E-state index in [9.17, 15) is 9.59 Å². The topological polar surface area (TPSA) is 115 Å². The summed E-state index contributed by atoms with van der Waals surface area (Å²) in [6.07, 6.45) is 11.0. The zero-order chi connectivity index (χ0) is 20.4. The van der Waals surface area contributed by atoms with Gasteiger partial charge in [-0.05, 0) is 38.5 Å². The van der Waals surface area contributed by atoms with Crippen LogP contribution in [0.15, 0.2) is 17.1 Å². The van der Waals surface area contributed by atoms with Crippen LogP contribution in [0.1, 0.15) is 70.8 Å². The van der Waals surface area contributed by atoms with Crippen molar-refractivity contribution in [2.24, 2.45) is 0 Å². The van der Waals surface area contributed by atoms with E-state index in [0.29, 0.717) is 17.3 Å². The lowest BCUT2D eigenvalue weighted by Crippen LogP contribution is -2.39. The molecule has 4 rings (SSSR count). The molecule has 0 atom stereocenters. The number of nitrogens with two attached hydrogens (primary N) is 1. The van der Waals surface area contributed by atoms with Gasteiger partial charge < -0.3 is 16.4 Å². The maximum Gasteiger partial charge on any atom is 0.254 e. The summed E-state index contributed by atoms with van der Waals surface area (Å²) < 4.78 is 1.82. The number of carbonyl (C=O) groups is 1. The molecule has 4 N–H and O–H groups in total. The van der Waals surface area contributed by atoms with Crippen LogP contribution in [0.3, 0.4) is 0 Å². The summed E-state index contributed by atoms with van der Waals surface area (Å²) in [6, 6.07) is 2.18. The molecule has 8 nitrogen and oxygen atoms in total. The molecule has 29 heavy (non-hydrogen) atoms. The van der Waals surface area contributed by atoms with Crippen molar-refractivity contribution in [2.75, 3.05) is 11.1 Å². The summed E-state index contributed by atoms with van der Waals surface area (Å²) in [6.45, 7) is 1.56. The Kier molecular flexibility index (Phi) is 5.69. The number of rotatable bonds is 4. The molecule has 0 radical (unpaired) electrons. The van der Waals surface area contributed by atoms with Crippen LogP contribution in [0, 0.1) is 0 Å². The molecule has 2 heterocycles. The Morgan fingerprint density at radius 1 is 1.10 bits per heavy atom. The van der Waals surface area contributed by atoms with Crippen molar-refractivity contribution < 1.29 is 4.79 Å². The third-order valence-corrected chi connectivity index (χ3v) is 6.23. The predicted molar refractivity (Wildman–Crippen MR) is 114 cm³/mol. The van der Waals surface area contributed by atoms with Gasteiger partial charge in [0.15, 0.2) is 5.65 Å². The van der Waals surface area contributed by atoms with Crippen LogP contribution in [0.5, 0.6) is 0 Å². The van der Waals surface area contributed by atoms with E-state index in [-0.39, 0.29) is 29.6 Å². The number of carbonyl (C=O) groups excluding carboxylic acids is 1. The third-order valence-electron chi connectivity index (χ3n) is 6.23. The minimum Gasteiger partial charge on any atom is -0.398 e. The van der Waals surface area contributed by atoms with E-state index < -0.39 is 0 Å². The van der Waals surface area contributed by atoms with Crippen molar-refractivity contribution in [3.05, 3.63) is 22.6 Å². The van der Waals surface area contributed by atoms with Crippen molar-refractivity contribution in [2.45, 2.75) is 82.8 Å². The predicted octanol–water partition coefficient (Wildman–Crippen LogP) is 2.74. The lowest BCUT2D eigenvalue weighted by atomic mass is 9.91. The lowest BCUT2D eigenvalue weighted by molar-refractivity contribution is -0.119. The van der Waals surface area contributed by atoms with E-state index >= 15 is 0 Å². The Balaban J connectivity index is 1.57. The highest BCUT2D eigenvalue weighted by molar-refractivity contribution is 5.87. The third kappa shape index (κ3) is 4.36. The molecule has 2 fully saturated rings. The van der Waals surface area contributed by atoms with Gasteiger partial charge in [0.1, 0.15) is 0 Å². The summed E-state index contributed by atoms with van der Waals surface area (Å²) >= 11 is 0. The standard InChI is InChI=1S/C21H30N6O2/c1-13(28)24-14-7-9-15(10-8-14)25-21-23-12-17-18(22)11-19(29)27(20(17)26-21)16-5-3-2-4-6-16/h11-12,14-16H,2-10,22H2,1H3,(H,24,28)(H,23,25,26)/t14-,15-. The average molecular weight is 399 g/mol. The fraction of sp³-hybridized carbons (Fsp3) is 0.619. The van der Waals surface area contributed by atoms with Gasteiger partial charge in [0.25, 0.3) is 5.56 Å². The molecule has 8 heteroatoms. The number of pyridine rings is 1. The first-order chi connectivity index (χ1) is 14.0. The van der Waals surface area contributed by atoms with Crippen LogP contribution in [-0.4, -0.2) is 32.5 Å². The molecule has 2 aliphatic rings. The zero-order valence-electron chi connectivity index (χ0n) is 17.0. The molecule has 2 aromatic rings. The maximum absolute atomic E-state index is 12.7. The minimum atomic E-state index is -0.0811. The number of amides is 1. The highest BCUT2D eigenvalue weighted by atomic mass is 16.1. The number of aromatic nitrogens is 3. The average Bonchev–Trinajstić information content (AvgIpc) is 2.70. The van der Waals surface area contributed by atoms with Crippen molar-refractivity contribution in [3.8, 4) is 0 Å². The molecule has 2 saturated carbocycles. The lowest BCUT2D eigenvalue weighted by Gasteiger charge is -2.29. The van der Waals surface area contributed by atoms with Crippen molar-refractivity contribution in [1.82, 2.24) is 19.9 Å². The second kappa shape index (κ2) is 8.39. The molecule has 0 bridgehead atoms. The van der Waals surface area contributed by atoms with Gasteiger partial charge >= 0.3 is 0 Å². The number of nitrogen functional groups attached to an aromatic ring is 1. The molecule has 156 valence electrons. The zero-order valence-corrected chi connectivity index (χ0v) is 17.0. The Hall–Kier alpha value is -2.64. The number of hydrogen-bond donors (Lipinski definition) is 3. The first-order valence-corrected chi connectivity index (χ1v) is 10.7. The number of fused-ring (bicyclic) bond motifs is 1. The molecular formula is C21H30N6O2. The number of hydrogen-bond acceptors (Lipinski definition) is 6. The summed E-state index contributed by atoms with van der Waals surface area (Å²) in [5.41, 5.74) is 7.08.